The molecule has 1 saturated heterocycles. The van der Waals surface area contributed by atoms with E-state index in [-0.39, 0.29) is 19.6 Å². The minimum atomic E-state index is -3.51. The van der Waals surface area contributed by atoms with E-state index in [1.54, 1.807) is 0 Å². The smallest absolute Gasteiger partial charge is 0.306 e. The molecule has 19 heavy (non-hydrogen) atoms. The molecule has 6 nitrogen and oxygen atoms in total. The van der Waals surface area contributed by atoms with Gasteiger partial charge in [-0.2, -0.15) is 28.8 Å². The molecule has 1 aliphatic rings. The van der Waals surface area contributed by atoms with Crippen molar-refractivity contribution in [2.45, 2.75) is 19.4 Å². The molecular formula is C11H16N2O4S2. The summed E-state index contributed by atoms with van der Waals surface area (Å²) in [4.78, 5) is 10.8. The average molecular weight is 304 g/mol. The van der Waals surface area contributed by atoms with Crippen molar-refractivity contribution < 1.29 is 18.3 Å². The van der Waals surface area contributed by atoms with Gasteiger partial charge in [-0.05, 0) is 35.2 Å². The van der Waals surface area contributed by atoms with E-state index in [2.05, 4.69) is 4.72 Å². The molecule has 2 N–H and O–H groups in total. The van der Waals surface area contributed by atoms with Crippen LogP contribution in [0, 0.1) is 5.92 Å². The van der Waals surface area contributed by atoms with Gasteiger partial charge in [-0.1, -0.05) is 0 Å². The molecule has 0 bridgehead atoms. The van der Waals surface area contributed by atoms with Crippen LogP contribution in [-0.4, -0.2) is 36.9 Å². The third-order valence-electron chi connectivity index (χ3n) is 3.18. The van der Waals surface area contributed by atoms with Crippen molar-refractivity contribution in [3.05, 3.63) is 22.4 Å². The summed E-state index contributed by atoms with van der Waals surface area (Å²) in [5, 5.41) is 12.7. The predicted octanol–water partition coefficient (Wildman–Crippen LogP) is 0.879. The number of carboxylic acids is 1. The molecule has 1 aromatic rings. The van der Waals surface area contributed by atoms with Crippen molar-refractivity contribution in [2.24, 2.45) is 5.92 Å². The largest absolute Gasteiger partial charge is 0.481 e. The van der Waals surface area contributed by atoms with Gasteiger partial charge in [0.2, 0.25) is 0 Å². The van der Waals surface area contributed by atoms with Gasteiger partial charge >= 0.3 is 5.97 Å². The lowest BCUT2D eigenvalue weighted by molar-refractivity contribution is -0.142. The van der Waals surface area contributed by atoms with Crippen LogP contribution >= 0.6 is 11.3 Å². The molecule has 0 saturated carbocycles. The number of piperidine rings is 1. The molecule has 0 aromatic carbocycles. The topological polar surface area (TPSA) is 86.7 Å². The zero-order valence-electron chi connectivity index (χ0n) is 10.3. The van der Waals surface area contributed by atoms with Crippen molar-refractivity contribution in [1.82, 2.24) is 9.03 Å². The molecule has 0 aliphatic carbocycles. The second kappa shape index (κ2) is 6.00. The summed E-state index contributed by atoms with van der Waals surface area (Å²) in [7, 11) is -3.51. The fourth-order valence-electron chi connectivity index (χ4n) is 2.00. The van der Waals surface area contributed by atoms with E-state index in [1.165, 1.54) is 15.6 Å². The maximum absolute atomic E-state index is 12.0. The van der Waals surface area contributed by atoms with Crippen LogP contribution in [0.15, 0.2) is 16.8 Å². The maximum atomic E-state index is 12.0. The van der Waals surface area contributed by atoms with Gasteiger partial charge in [0.15, 0.2) is 0 Å². The van der Waals surface area contributed by atoms with E-state index in [0.717, 1.165) is 5.56 Å². The molecule has 2 heterocycles. The first-order chi connectivity index (χ1) is 8.99. The zero-order valence-corrected chi connectivity index (χ0v) is 11.9. The quantitative estimate of drug-likeness (QED) is 0.845. The number of rotatable bonds is 5. The normalized spacial score (nSPS) is 18.5. The lowest BCUT2D eigenvalue weighted by atomic mass is 9.99. The Bertz CT molecular complexity index is 519. The highest BCUT2D eigenvalue weighted by atomic mass is 32.2. The van der Waals surface area contributed by atoms with Gasteiger partial charge in [0.05, 0.1) is 5.92 Å². The molecular weight excluding hydrogens is 288 g/mol. The lowest BCUT2D eigenvalue weighted by Gasteiger charge is -2.29. The van der Waals surface area contributed by atoms with Crippen molar-refractivity contribution in [3.63, 3.8) is 0 Å². The minimum Gasteiger partial charge on any atom is -0.481 e. The first kappa shape index (κ1) is 14.4. The molecule has 0 amide bonds. The summed E-state index contributed by atoms with van der Waals surface area (Å²) in [6, 6.07) is 1.86. The number of aliphatic carboxylic acids is 1. The number of thiophene rings is 1. The van der Waals surface area contributed by atoms with E-state index in [0.29, 0.717) is 12.8 Å². The second-order valence-electron chi connectivity index (χ2n) is 4.47. The minimum absolute atomic E-state index is 0.260. The SMILES string of the molecule is O=C(O)C1CCN(S(=O)(=O)NCc2ccsc2)CC1. The molecule has 0 unspecified atom stereocenters. The summed E-state index contributed by atoms with van der Waals surface area (Å²) in [5.41, 5.74) is 0.925. The van der Waals surface area contributed by atoms with Gasteiger partial charge < -0.3 is 5.11 Å². The highest BCUT2D eigenvalue weighted by Gasteiger charge is 2.30. The predicted molar refractivity (Wildman–Crippen MR) is 72.0 cm³/mol. The Morgan fingerprint density at radius 1 is 1.47 bits per heavy atom. The third-order valence-corrected chi connectivity index (χ3v) is 5.47. The van der Waals surface area contributed by atoms with Crippen LogP contribution in [0.3, 0.4) is 0 Å². The van der Waals surface area contributed by atoms with E-state index in [4.69, 9.17) is 5.11 Å². The van der Waals surface area contributed by atoms with Crippen LogP contribution < -0.4 is 4.72 Å². The molecule has 0 atom stereocenters. The van der Waals surface area contributed by atoms with E-state index in [1.807, 2.05) is 16.8 Å². The number of nitrogens with one attached hydrogen (secondary N) is 1. The molecule has 8 heteroatoms. The summed E-state index contributed by atoms with van der Waals surface area (Å²) < 4.78 is 27.9. The van der Waals surface area contributed by atoms with Crippen LogP contribution in [0.25, 0.3) is 0 Å². The van der Waals surface area contributed by atoms with Crippen LogP contribution in [0.5, 0.6) is 0 Å². The van der Waals surface area contributed by atoms with Crippen molar-refractivity contribution in [2.75, 3.05) is 13.1 Å². The van der Waals surface area contributed by atoms with Gasteiger partial charge in [-0.3, -0.25) is 4.79 Å². The second-order valence-corrected chi connectivity index (χ2v) is 7.00. The van der Waals surface area contributed by atoms with Crippen LogP contribution in [0.4, 0.5) is 0 Å². The number of hydrogen-bond donors (Lipinski definition) is 2. The first-order valence-corrected chi connectivity index (χ1v) is 8.36. The van der Waals surface area contributed by atoms with Gasteiger partial charge in [0, 0.05) is 19.6 Å². The van der Waals surface area contributed by atoms with Gasteiger partial charge in [0.1, 0.15) is 0 Å². The fraction of sp³-hybridized carbons (Fsp3) is 0.545. The Morgan fingerprint density at radius 3 is 2.68 bits per heavy atom. The highest BCUT2D eigenvalue weighted by Crippen LogP contribution is 2.19. The Hall–Kier alpha value is -0.960. The van der Waals surface area contributed by atoms with Gasteiger partial charge in [-0.15, -0.1) is 0 Å². The fourth-order valence-corrected chi connectivity index (χ4v) is 3.89. The summed E-state index contributed by atoms with van der Waals surface area (Å²) in [6.07, 6.45) is 0.739. The average Bonchev–Trinajstić information content (AvgIpc) is 2.90. The van der Waals surface area contributed by atoms with Crippen LogP contribution in [-0.2, 0) is 21.5 Å². The molecule has 1 aliphatic heterocycles. The van der Waals surface area contributed by atoms with Crippen molar-refractivity contribution in [3.8, 4) is 0 Å². The van der Waals surface area contributed by atoms with Gasteiger partial charge in [-0.25, -0.2) is 0 Å². The zero-order chi connectivity index (χ0) is 13.9. The molecule has 0 radical (unpaired) electrons. The molecule has 0 spiro atoms. The number of carbonyl (C=O) groups is 1. The van der Waals surface area contributed by atoms with Gasteiger partial charge in [0.25, 0.3) is 10.2 Å². The number of nitrogens with zero attached hydrogens (tertiary/aromatic N) is 1. The Kier molecular flexibility index (Phi) is 4.56. The molecule has 106 valence electrons. The Balaban J connectivity index is 1.88. The van der Waals surface area contributed by atoms with E-state index >= 15 is 0 Å². The van der Waals surface area contributed by atoms with E-state index in [9.17, 15) is 13.2 Å². The monoisotopic (exact) mass is 304 g/mol. The van der Waals surface area contributed by atoms with Crippen molar-refractivity contribution in [1.29, 1.82) is 0 Å². The summed E-state index contributed by atoms with van der Waals surface area (Å²) >= 11 is 1.52. The number of hydrogen-bond acceptors (Lipinski definition) is 4. The Labute approximate surface area is 116 Å². The summed E-state index contributed by atoms with van der Waals surface area (Å²) in [6.45, 7) is 0.788. The van der Waals surface area contributed by atoms with Crippen LogP contribution in [0.2, 0.25) is 0 Å². The third kappa shape index (κ3) is 3.75. The maximum Gasteiger partial charge on any atom is 0.306 e. The standard InChI is InChI=1S/C11H16N2O4S2/c14-11(15)10-1-4-13(5-2-10)19(16,17)12-7-9-3-6-18-8-9/h3,6,8,10,12H,1-2,4-5,7H2,(H,14,15). The first-order valence-electron chi connectivity index (χ1n) is 5.97. The lowest BCUT2D eigenvalue weighted by Crippen LogP contribution is -2.45. The molecule has 1 fully saturated rings. The van der Waals surface area contributed by atoms with Crippen LogP contribution in [0.1, 0.15) is 18.4 Å². The highest BCUT2D eigenvalue weighted by molar-refractivity contribution is 7.87. The molecule has 1 aromatic heterocycles. The number of carboxylic acid groups (broad SMARTS) is 1. The Morgan fingerprint density at radius 2 is 2.16 bits per heavy atom. The van der Waals surface area contributed by atoms with Crippen molar-refractivity contribution >= 4 is 27.5 Å². The van der Waals surface area contributed by atoms with E-state index < -0.39 is 22.1 Å². The summed E-state index contributed by atoms with van der Waals surface area (Å²) in [5.74, 6) is -1.27. The molecule has 2 rings (SSSR count).